The maximum atomic E-state index is 11.9. The number of esters is 1. The first-order chi connectivity index (χ1) is 7.86. The van der Waals surface area contributed by atoms with E-state index in [1.54, 1.807) is 27.7 Å². The summed E-state index contributed by atoms with van der Waals surface area (Å²) < 4.78 is 4.90. The summed E-state index contributed by atoms with van der Waals surface area (Å²) in [4.78, 5) is 34.9. The van der Waals surface area contributed by atoms with Gasteiger partial charge >= 0.3 is 12.0 Å². The van der Waals surface area contributed by atoms with Crippen LogP contribution in [0, 0.1) is 11.8 Å². The van der Waals surface area contributed by atoms with Crippen LogP contribution in [-0.2, 0) is 14.3 Å². The summed E-state index contributed by atoms with van der Waals surface area (Å²) in [7, 11) is 0. The number of imide groups is 1. The summed E-state index contributed by atoms with van der Waals surface area (Å²) in [6, 6.07) is -0.570. The summed E-state index contributed by atoms with van der Waals surface area (Å²) in [6.07, 6.45) is 0. The SMILES string of the molecule is CCOC(=O)C(C)C1(C(C)C)NC(=O)NC1=O. The molecule has 0 bridgehead atoms. The third-order valence-corrected chi connectivity index (χ3v) is 3.16. The van der Waals surface area contributed by atoms with Crippen molar-refractivity contribution in [3.05, 3.63) is 0 Å². The lowest BCUT2D eigenvalue weighted by atomic mass is 9.76. The third kappa shape index (κ3) is 2.11. The van der Waals surface area contributed by atoms with Gasteiger partial charge in [-0.25, -0.2) is 4.79 Å². The van der Waals surface area contributed by atoms with Crippen molar-refractivity contribution in [2.24, 2.45) is 11.8 Å². The second kappa shape index (κ2) is 4.73. The monoisotopic (exact) mass is 242 g/mol. The normalized spacial score (nSPS) is 25.5. The zero-order valence-corrected chi connectivity index (χ0v) is 10.5. The van der Waals surface area contributed by atoms with E-state index in [0.29, 0.717) is 0 Å². The van der Waals surface area contributed by atoms with Crippen molar-refractivity contribution in [3.63, 3.8) is 0 Å². The standard InChI is InChI=1S/C11H18N2O4/c1-5-17-8(14)7(4)11(6(2)3)9(15)12-10(16)13-11/h6-7H,5H2,1-4H3,(H2,12,13,15,16). The Morgan fingerprint density at radius 3 is 2.29 bits per heavy atom. The minimum absolute atomic E-state index is 0.214. The number of ether oxygens (including phenoxy) is 1. The minimum atomic E-state index is -1.22. The maximum absolute atomic E-state index is 11.9. The van der Waals surface area contributed by atoms with E-state index < -0.39 is 29.4 Å². The first kappa shape index (κ1) is 13.5. The lowest BCUT2D eigenvalue weighted by Crippen LogP contribution is -2.58. The van der Waals surface area contributed by atoms with Gasteiger partial charge in [0, 0.05) is 0 Å². The van der Waals surface area contributed by atoms with Gasteiger partial charge in [0.1, 0.15) is 5.54 Å². The predicted molar refractivity (Wildman–Crippen MR) is 60.0 cm³/mol. The molecule has 1 fully saturated rings. The van der Waals surface area contributed by atoms with Crippen LogP contribution in [0.15, 0.2) is 0 Å². The quantitative estimate of drug-likeness (QED) is 0.552. The summed E-state index contributed by atoms with van der Waals surface area (Å²) in [5.41, 5.74) is -1.22. The van der Waals surface area contributed by atoms with Crippen molar-refractivity contribution in [2.45, 2.75) is 33.2 Å². The van der Waals surface area contributed by atoms with Gasteiger partial charge in [0.2, 0.25) is 0 Å². The van der Waals surface area contributed by atoms with Crippen molar-refractivity contribution < 1.29 is 19.1 Å². The Kier molecular flexibility index (Phi) is 3.75. The van der Waals surface area contributed by atoms with Crippen LogP contribution in [0.3, 0.4) is 0 Å². The predicted octanol–water partition coefficient (Wildman–Crippen LogP) is 0.420. The largest absolute Gasteiger partial charge is 0.466 e. The molecule has 6 heteroatoms. The maximum Gasteiger partial charge on any atom is 0.322 e. The highest BCUT2D eigenvalue weighted by Crippen LogP contribution is 2.30. The van der Waals surface area contributed by atoms with Crippen LogP contribution in [0.4, 0.5) is 4.79 Å². The van der Waals surface area contributed by atoms with Crippen molar-refractivity contribution in [2.75, 3.05) is 6.61 Å². The number of hydrogen-bond donors (Lipinski definition) is 2. The molecule has 0 aromatic carbocycles. The molecule has 1 rings (SSSR count). The van der Waals surface area contributed by atoms with E-state index in [2.05, 4.69) is 10.6 Å². The van der Waals surface area contributed by atoms with Gasteiger partial charge in [-0.2, -0.15) is 0 Å². The second-order valence-corrected chi connectivity index (χ2v) is 4.41. The summed E-state index contributed by atoms with van der Waals surface area (Å²) in [5, 5.41) is 4.73. The number of amides is 3. The van der Waals surface area contributed by atoms with E-state index in [0.717, 1.165) is 0 Å². The highest BCUT2D eigenvalue weighted by Gasteiger charge is 2.55. The van der Waals surface area contributed by atoms with Gasteiger partial charge in [0.05, 0.1) is 12.5 Å². The average molecular weight is 242 g/mol. The Labute approximate surface area is 100 Å². The minimum Gasteiger partial charge on any atom is -0.466 e. The Morgan fingerprint density at radius 1 is 1.35 bits per heavy atom. The van der Waals surface area contributed by atoms with Crippen molar-refractivity contribution in [1.82, 2.24) is 10.6 Å². The molecule has 96 valence electrons. The number of carbonyl (C=O) groups excluding carboxylic acids is 3. The summed E-state index contributed by atoms with van der Waals surface area (Å²) in [6.45, 7) is 7.08. The summed E-state index contributed by atoms with van der Waals surface area (Å²) in [5.74, 6) is -1.90. The topological polar surface area (TPSA) is 84.5 Å². The second-order valence-electron chi connectivity index (χ2n) is 4.41. The lowest BCUT2D eigenvalue weighted by molar-refractivity contribution is -0.154. The van der Waals surface area contributed by atoms with Crippen molar-refractivity contribution >= 4 is 17.9 Å². The van der Waals surface area contributed by atoms with Gasteiger partial charge in [0.25, 0.3) is 5.91 Å². The molecule has 0 aromatic heterocycles. The summed E-state index contributed by atoms with van der Waals surface area (Å²) >= 11 is 0. The number of nitrogens with one attached hydrogen (secondary N) is 2. The lowest BCUT2D eigenvalue weighted by Gasteiger charge is -2.34. The molecule has 17 heavy (non-hydrogen) atoms. The fourth-order valence-corrected chi connectivity index (χ4v) is 2.15. The Hall–Kier alpha value is -1.59. The van der Waals surface area contributed by atoms with E-state index in [4.69, 9.17) is 4.74 Å². The van der Waals surface area contributed by atoms with Crippen molar-refractivity contribution in [3.8, 4) is 0 Å². The van der Waals surface area contributed by atoms with E-state index in [1.165, 1.54) is 0 Å². The van der Waals surface area contributed by atoms with Crippen LogP contribution in [0.1, 0.15) is 27.7 Å². The molecule has 1 aliphatic rings. The Balaban J connectivity index is 3.05. The number of rotatable bonds is 4. The number of carbonyl (C=O) groups is 3. The molecule has 0 radical (unpaired) electrons. The zero-order chi connectivity index (χ0) is 13.2. The van der Waals surface area contributed by atoms with Crippen LogP contribution < -0.4 is 10.6 Å². The molecule has 0 saturated carbocycles. The van der Waals surface area contributed by atoms with Gasteiger partial charge in [-0.1, -0.05) is 13.8 Å². The Bertz CT molecular complexity index is 353. The van der Waals surface area contributed by atoms with E-state index in [9.17, 15) is 14.4 Å². The molecule has 1 heterocycles. The molecule has 3 amide bonds. The van der Waals surface area contributed by atoms with Crippen LogP contribution in [-0.4, -0.2) is 30.1 Å². The van der Waals surface area contributed by atoms with Crippen LogP contribution in [0.2, 0.25) is 0 Å². The highest BCUT2D eigenvalue weighted by atomic mass is 16.5. The van der Waals surface area contributed by atoms with Gasteiger partial charge in [-0.15, -0.1) is 0 Å². The molecule has 2 N–H and O–H groups in total. The first-order valence-electron chi connectivity index (χ1n) is 5.66. The van der Waals surface area contributed by atoms with Crippen LogP contribution in [0.5, 0.6) is 0 Å². The first-order valence-corrected chi connectivity index (χ1v) is 5.66. The molecule has 1 saturated heterocycles. The van der Waals surface area contributed by atoms with Gasteiger partial charge in [0.15, 0.2) is 0 Å². The molecule has 0 spiro atoms. The van der Waals surface area contributed by atoms with Crippen molar-refractivity contribution in [1.29, 1.82) is 0 Å². The zero-order valence-electron chi connectivity index (χ0n) is 10.5. The smallest absolute Gasteiger partial charge is 0.322 e. The molecule has 0 aromatic rings. The highest BCUT2D eigenvalue weighted by molar-refractivity contribution is 6.09. The molecular weight excluding hydrogens is 224 g/mol. The van der Waals surface area contributed by atoms with E-state index in [-0.39, 0.29) is 12.5 Å². The Morgan fingerprint density at radius 2 is 1.94 bits per heavy atom. The fraction of sp³-hybridized carbons (Fsp3) is 0.727. The van der Waals surface area contributed by atoms with Gasteiger partial charge in [-0.3, -0.25) is 14.9 Å². The molecule has 2 unspecified atom stereocenters. The number of urea groups is 1. The average Bonchev–Trinajstić information content (AvgIpc) is 2.54. The third-order valence-electron chi connectivity index (χ3n) is 3.16. The fourth-order valence-electron chi connectivity index (χ4n) is 2.15. The molecular formula is C11H18N2O4. The van der Waals surface area contributed by atoms with Crippen LogP contribution in [0.25, 0.3) is 0 Å². The molecule has 0 aliphatic carbocycles. The number of hydrogen-bond acceptors (Lipinski definition) is 4. The van der Waals surface area contributed by atoms with Gasteiger partial charge < -0.3 is 10.1 Å². The molecule has 1 aliphatic heterocycles. The van der Waals surface area contributed by atoms with Gasteiger partial charge in [-0.05, 0) is 19.8 Å². The van der Waals surface area contributed by atoms with Crippen LogP contribution >= 0.6 is 0 Å². The van der Waals surface area contributed by atoms with E-state index in [1.807, 2.05) is 0 Å². The molecule has 2 atom stereocenters. The van der Waals surface area contributed by atoms with E-state index >= 15 is 0 Å². The molecule has 6 nitrogen and oxygen atoms in total.